The van der Waals surface area contributed by atoms with Crippen LogP contribution >= 0.6 is 17.1 Å². The summed E-state index contributed by atoms with van der Waals surface area (Å²) in [6.45, 7) is 41.4. The lowest BCUT2D eigenvalue weighted by molar-refractivity contribution is -0.154. The van der Waals surface area contributed by atoms with Crippen LogP contribution in [-0.4, -0.2) is 159 Å². The van der Waals surface area contributed by atoms with E-state index in [1.165, 1.54) is 0 Å². The highest BCUT2D eigenvalue weighted by atomic mass is 31.2. The Morgan fingerprint density at radius 2 is 1.01 bits per heavy atom. The van der Waals surface area contributed by atoms with Gasteiger partial charge >= 0.3 is 11.9 Å². The molecular weight excluding hydrogens is 977 g/mol. The zero-order chi connectivity index (χ0) is 54.1. The monoisotopic (exact) mass is 1060 g/mol. The van der Waals surface area contributed by atoms with Gasteiger partial charge in [0.25, 0.3) is 17.1 Å². The van der Waals surface area contributed by atoms with Crippen molar-refractivity contribution >= 4 is 40.8 Å². The average molecular weight is 1060 g/mol. The predicted molar refractivity (Wildman–Crippen MR) is 283 cm³/mol. The summed E-state index contributed by atoms with van der Waals surface area (Å²) in [7, 11) is 0.658. The van der Waals surface area contributed by atoms with E-state index >= 15 is 0 Å². The van der Waals surface area contributed by atoms with Crippen molar-refractivity contribution < 1.29 is 56.2 Å². The van der Waals surface area contributed by atoms with Crippen molar-refractivity contribution in [2.24, 2.45) is 0 Å². The summed E-state index contributed by atoms with van der Waals surface area (Å²) in [6.07, 6.45) is 8.32. The first-order valence-electron chi connectivity index (χ1n) is 25.9. The van der Waals surface area contributed by atoms with Crippen molar-refractivity contribution in [1.29, 1.82) is 0 Å². The van der Waals surface area contributed by atoms with E-state index < -0.39 is 35.1 Å². The molecule has 2 heterocycles. The third-order valence-electron chi connectivity index (χ3n) is 11.8. The van der Waals surface area contributed by atoms with Gasteiger partial charge in [0.05, 0.1) is 27.4 Å². The molecule has 0 aromatic heterocycles. The van der Waals surface area contributed by atoms with Gasteiger partial charge in [0.1, 0.15) is 43.4 Å². The van der Waals surface area contributed by atoms with E-state index in [4.69, 9.17) is 56.8 Å². The van der Waals surface area contributed by atoms with Crippen molar-refractivity contribution in [1.82, 2.24) is 19.1 Å². The number of hydrogen-bond donors (Lipinski definition) is 0. The molecule has 410 valence electrons. The van der Waals surface area contributed by atoms with E-state index in [0.29, 0.717) is 89.8 Å². The second-order valence-corrected chi connectivity index (χ2v) is 21.6. The van der Waals surface area contributed by atoms with E-state index in [1.807, 2.05) is 0 Å². The molecule has 19 nitrogen and oxygen atoms in total. The molecule has 21 heteroatoms. The summed E-state index contributed by atoms with van der Waals surface area (Å²) in [5.74, 6) is 0.422. The highest BCUT2D eigenvalue weighted by Crippen LogP contribution is 2.47. The number of benzene rings is 1. The van der Waals surface area contributed by atoms with Crippen LogP contribution in [0.15, 0.2) is 18.2 Å². The Labute approximate surface area is 439 Å². The Balaban J connectivity index is 0.000000510. The van der Waals surface area contributed by atoms with Crippen molar-refractivity contribution in [2.45, 2.75) is 175 Å². The fourth-order valence-electron chi connectivity index (χ4n) is 8.42. The number of carbonyl (C=O) groups excluding carboxylic acids is 4. The van der Waals surface area contributed by atoms with Gasteiger partial charge in [-0.25, -0.2) is 38.6 Å². The molecule has 2 fully saturated rings. The van der Waals surface area contributed by atoms with Crippen LogP contribution in [-0.2, 0) is 53.4 Å². The van der Waals surface area contributed by atoms with E-state index in [1.54, 1.807) is 42.2 Å². The molecule has 1 aromatic carbocycles. The van der Waals surface area contributed by atoms with E-state index in [-0.39, 0.29) is 61.7 Å². The number of ether oxygens (including phenoxy) is 4. The van der Waals surface area contributed by atoms with Gasteiger partial charge in [-0.15, -0.1) is 0 Å². The first-order chi connectivity index (χ1) is 35.1. The quantitative estimate of drug-likeness (QED) is 0.0277. The number of methoxy groups -OCH3 is 2. The minimum absolute atomic E-state index is 0.0158. The van der Waals surface area contributed by atoms with E-state index in [0.717, 1.165) is 56.9 Å². The largest absolute Gasteiger partial charge is 0.497 e. The molecule has 1 aromatic rings. The van der Waals surface area contributed by atoms with Crippen molar-refractivity contribution in [3.63, 3.8) is 0 Å². The van der Waals surface area contributed by atoms with Crippen molar-refractivity contribution in [3.05, 3.63) is 58.0 Å². The van der Waals surface area contributed by atoms with Crippen LogP contribution in [0.4, 0.5) is 0 Å². The van der Waals surface area contributed by atoms with Crippen LogP contribution in [0.25, 0.3) is 14.5 Å². The van der Waals surface area contributed by atoms with Crippen LogP contribution in [0.5, 0.6) is 11.5 Å². The Bertz CT molecular complexity index is 1890. The minimum Gasteiger partial charge on any atom is -0.497 e. The molecule has 0 bridgehead atoms. The first kappa shape index (κ1) is 64.9. The third kappa shape index (κ3) is 23.9. The van der Waals surface area contributed by atoms with Crippen LogP contribution < -0.4 is 9.47 Å². The summed E-state index contributed by atoms with van der Waals surface area (Å²) < 4.78 is 49.7. The molecule has 73 heavy (non-hydrogen) atoms. The van der Waals surface area contributed by atoms with Gasteiger partial charge in [-0.05, 0) is 119 Å². The van der Waals surface area contributed by atoms with Gasteiger partial charge in [0.2, 0.25) is 31.4 Å². The molecule has 0 aliphatic carbocycles. The maximum Gasteiger partial charge on any atom is 0.329 e. The summed E-state index contributed by atoms with van der Waals surface area (Å²) >= 11 is 0. The van der Waals surface area contributed by atoms with Gasteiger partial charge in [-0.3, -0.25) is 9.59 Å². The summed E-state index contributed by atoms with van der Waals surface area (Å²) in [4.78, 5) is 63.8. The minimum atomic E-state index is -1.25. The molecule has 3 rings (SSSR count). The number of rotatable bonds is 34. The number of nitrogens with zero attached hydrogens (tertiary/aromatic N) is 7. The normalized spacial score (nSPS) is 16.3. The van der Waals surface area contributed by atoms with Gasteiger partial charge in [-0.2, -0.15) is 0 Å². The molecule has 0 saturated carbocycles. The predicted octanol–water partition coefficient (Wildman–Crippen LogP) is 9.90. The molecule has 4 unspecified atom stereocenters. The SMILES string of the molecule is [C-]#[N+]CCOC(=O)C1CCCN1C(=O)CCCCCOP(OCC[N+]#[C-])N(C(C)C)C(C)C.[C-]#[N+]CCOP(OCCCCCC(=O)N1CCCC1C(=O)OCc1ccc(OC)cc1OC)N(C(C)C)C(C)C. The zero-order valence-corrected chi connectivity index (χ0v) is 47.2. The average Bonchev–Trinajstić information content (AvgIpc) is 4.07. The summed E-state index contributed by atoms with van der Waals surface area (Å²) in [5.41, 5.74) is 0.736. The number of unbranched alkanes of at least 4 members (excludes halogenated alkanes) is 4. The van der Waals surface area contributed by atoms with Crippen LogP contribution in [0.1, 0.15) is 138 Å². The third-order valence-corrected chi connectivity index (χ3v) is 16.0. The summed E-state index contributed by atoms with van der Waals surface area (Å²) in [6, 6.07) is 5.33. The lowest BCUT2D eigenvalue weighted by Crippen LogP contribution is -2.41. The van der Waals surface area contributed by atoms with Crippen LogP contribution in [0.3, 0.4) is 0 Å². The van der Waals surface area contributed by atoms with Gasteiger partial charge < -0.3 is 61.4 Å². The van der Waals surface area contributed by atoms with Gasteiger partial charge in [0, 0.05) is 61.7 Å². The lowest BCUT2D eigenvalue weighted by atomic mass is 10.1. The highest BCUT2D eigenvalue weighted by molar-refractivity contribution is 7.44. The fraction of sp³-hybridized carbons (Fsp3) is 0.750. The summed E-state index contributed by atoms with van der Waals surface area (Å²) in [5, 5.41) is 0. The second kappa shape index (κ2) is 37.5. The maximum absolute atomic E-state index is 12.9. The molecule has 0 radical (unpaired) electrons. The van der Waals surface area contributed by atoms with E-state index in [9.17, 15) is 19.2 Å². The number of amides is 2. The molecule has 4 atom stereocenters. The standard InChI is InChI=1S/C29H46N3O7P.C23H39N4O5P/c1-22(2)32(23(3)4)40(39-19-16-30-5)38-18-10-8-9-13-28(33)31-17-11-12-26(31)29(34)37-21-24-14-15-25(35-6)20-27(24)36-7;1-19(2)27(20(3)4)33(32-18-14-25-6)31-16-9-7-8-12-22(28)26-15-10-11-21(26)23(29)30-17-13-24-5/h14-15,20,22-23,26H,8-13,16-19,21H2,1-4,6-7H3;19-21H,7-18H2,1-4H3. The number of esters is 2. The molecule has 2 saturated heterocycles. The van der Waals surface area contributed by atoms with Gasteiger partial charge in [-0.1, -0.05) is 12.8 Å². The van der Waals surface area contributed by atoms with Crippen molar-refractivity contribution in [2.75, 3.05) is 80.0 Å². The Hall–Kier alpha value is -4.21. The molecule has 0 spiro atoms. The molecule has 0 N–H and O–H groups in total. The molecule has 2 aliphatic rings. The van der Waals surface area contributed by atoms with Gasteiger partial charge in [0.15, 0.2) is 6.61 Å². The molecule has 2 amide bonds. The Kier molecular flexibility index (Phi) is 33.3. The highest BCUT2D eigenvalue weighted by Gasteiger charge is 2.36. The smallest absolute Gasteiger partial charge is 0.329 e. The maximum atomic E-state index is 12.9. The topological polar surface area (TPSA) is 168 Å². The number of hydrogen-bond acceptors (Lipinski definition) is 14. The number of likely N-dealkylation sites (tertiary alicyclic amines) is 2. The molecular formula is C52H85N7O12P2. The van der Waals surface area contributed by atoms with Crippen LogP contribution in [0.2, 0.25) is 0 Å². The fourth-order valence-corrected chi connectivity index (χ4v) is 11.7. The molecule has 2 aliphatic heterocycles. The lowest BCUT2D eigenvalue weighted by Gasteiger charge is -2.35. The van der Waals surface area contributed by atoms with Crippen LogP contribution in [0, 0.1) is 19.7 Å². The second-order valence-electron chi connectivity index (χ2n) is 18.7. The Morgan fingerprint density at radius 1 is 0.589 bits per heavy atom. The van der Waals surface area contributed by atoms with Crippen molar-refractivity contribution in [3.8, 4) is 11.5 Å². The first-order valence-corrected chi connectivity index (χ1v) is 28.1. The van der Waals surface area contributed by atoms with E-state index in [2.05, 4.69) is 79.3 Å². The number of carbonyl (C=O) groups is 4. The zero-order valence-electron chi connectivity index (χ0n) is 45.4. The Morgan fingerprint density at radius 3 is 1.42 bits per heavy atom.